The van der Waals surface area contributed by atoms with Crippen LogP contribution in [-0.4, -0.2) is 43.2 Å². The molecule has 0 unspecified atom stereocenters. The molecular weight excluding hydrogens is 322 g/mol. The number of nitrogens with zero attached hydrogens (tertiary/aromatic N) is 4. The highest BCUT2D eigenvalue weighted by Gasteiger charge is 2.17. The molecule has 0 bridgehead atoms. The molecule has 2 N–H and O–H groups in total. The normalized spacial score (nSPS) is 17.2. The molecule has 0 amide bonds. The summed E-state index contributed by atoms with van der Waals surface area (Å²) in [6.45, 7) is 2.03. The lowest BCUT2D eigenvalue weighted by atomic mass is 10.1. The van der Waals surface area contributed by atoms with Crippen LogP contribution >= 0.6 is 11.8 Å². The number of benzene rings is 1. The van der Waals surface area contributed by atoms with Gasteiger partial charge >= 0.3 is 0 Å². The van der Waals surface area contributed by atoms with Crippen molar-refractivity contribution in [1.29, 1.82) is 0 Å². The van der Waals surface area contributed by atoms with Crippen molar-refractivity contribution in [2.24, 2.45) is 0 Å². The average molecular weight is 339 g/mol. The summed E-state index contributed by atoms with van der Waals surface area (Å²) in [7, 11) is 0. The third-order valence-corrected chi connectivity index (χ3v) is 5.12. The molecule has 0 spiro atoms. The SMILES string of the molecule is Oc1cc(-n2cccc2)ccc1-c1cnc(S[C@H]2CCNC2)nn1. The van der Waals surface area contributed by atoms with Crippen LogP contribution in [0.5, 0.6) is 5.75 Å². The summed E-state index contributed by atoms with van der Waals surface area (Å²) >= 11 is 1.65. The van der Waals surface area contributed by atoms with Crippen LogP contribution in [0.15, 0.2) is 54.1 Å². The number of nitrogens with one attached hydrogen (secondary N) is 1. The van der Waals surface area contributed by atoms with Crippen LogP contribution in [0, 0.1) is 0 Å². The number of aromatic hydroxyl groups is 1. The molecule has 0 aliphatic carbocycles. The first-order valence-corrected chi connectivity index (χ1v) is 8.71. The molecule has 7 heteroatoms. The zero-order valence-corrected chi connectivity index (χ0v) is 13.8. The van der Waals surface area contributed by atoms with Gasteiger partial charge < -0.3 is 15.0 Å². The van der Waals surface area contributed by atoms with Crippen LogP contribution in [0.4, 0.5) is 0 Å². The number of hydrogen-bond acceptors (Lipinski definition) is 6. The first-order valence-electron chi connectivity index (χ1n) is 7.83. The molecule has 4 rings (SSSR count). The maximum Gasteiger partial charge on any atom is 0.209 e. The highest BCUT2D eigenvalue weighted by Crippen LogP contribution is 2.30. The summed E-state index contributed by atoms with van der Waals surface area (Å²) in [6.07, 6.45) is 6.65. The predicted octanol–water partition coefficient (Wildman–Crippen LogP) is 2.49. The van der Waals surface area contributed by atoms with Crippen LogP contribution in [0.1, 0.15) is 6.42 Å². The van der Waals surface area contributed by atoms with Crippen molar-refractivity contribution in [2.75, 3.05) is 13.1 Å². The van der Waals surface area contributed by atoms with E-state index in [2.05, 4.69) is 20.5 Å². The lowest BCUT2D eigenvalue weighted by Gasteiger charge is -2.08. The minimum atomic E-state index is 0.165. The average Bonchev–Trinajstić information content (AvgIpc) is 3.29. The number of phenolic OH excluding ortho intramolecular Hbond substituents is 1. The fourth-order valence-electron chi connectivity index (χ4n) is 2.72. The molecule has 1 aliphatic heterocycles. The summed E-state index contributed by atoms with van der Waals surface area (Å²) in [6, 6.07) is 9.37. The van der Waals surface area contributed by atoms with Gasteiger partial charge in [-0.2, -0.15) is 0 Å². The Morgan fingerprint density at radius 3 is 2.75 bits per heavy atom. The first-order chi connectivity index (χ1) is 11.8. The van der Waals surface area contributed by atoms with Crippen molar-refractivity contribution >= 4 is 11.8 Å². The van der Waals surface area contributed by atoms with E-state index < -0.39 is 0 Å². The van der Waals surface area contributed by atoms with E-state index in [1.807, 2.05) is 41.2 Å². The van der Waals surface area contributed by atoms with E-state index in [0.717, 1.165) is 25.2 Å². The maximum atomic E-state index is 10.3. The number of aromatic nitrogens is 4. The topological polar surface area (TPSA) is 75.9 Å². The highest BCUT2D eigenvalue weighted by atomic mass is 32.2. The minimum absolute atomic E-state index is 0.165. The van der Waals surface area contributed by atoms with Crippen molar-refractivity contribution in [1.82, 2.24) is 25.1 Å². The molecule has 6 nitrogen and oxygen atoms in total. The first kappa shape index (κ1) is 15.2. The zero-order chi connectivity index (χ0) is 16.4. The van der Waals surface area contributed by atoms with Crippen LogP contribution in [0.2, 0.25) is 0 Å². The van der Waals surface area contributed by atoms with E-state index >= 15 is 0 Å². The smallest absolute Gasteiger partial charge is 0.209 e. The molecule has 1 atom stereocenters. The molecule has 3 heterocycles. The van der Waals surface area contributed by atoms with Gasteiger partial charge in [-0.3, -0.25) is 0 Å². The molecule has 0 radical (unpaired) electrons. The van der Waals surface area contributed by atoms with Crippen molar-refractivity contribution in [2.45, 2.75) is 16.8 Å². The van der Waals surface area contributed by atoms with Crippen molar-refractivity contribution in [3.05, 3.63) is 48.9 Å². The van der Waals surface area contributed by atoms with E-state index in [0.29, 0.717) is 21.7 Å². The molecule has 24 heavy (non-hydrogen) atoms. The van der Waals surface area contributed by atoms with Crippen molar-refractivity contribution in [3.63, 3.8) is 0 Å². The summed E-state index contributed by atoms with van der Waals surface area (Å²) in [5.74, 6) is 0.165. The second-order valence-electron chi connectivity index (χ2n) is 5.65. The van der Waals surface area contributed by atoms with Crippen molar-refractivity contribution < 1.29 is 5.11 Å². The monoisotopic (exact) mass is 339 g/mol. The Labute approximate surface area is 144 Å². The Kier molecular flexibility index (Phi) is 4.18. The van der Waals surface area contributed by atoms with Gasteiger partial charge in [0, 0.05) is 41.5 Å². The molecule has 2 aromatic heterocycles. The third kappa shape index (κ3) is 3.13. The molecule has 3 aromatic rings. The van der Waals surface area contributed by atoms with Gasteiger partial charge in [0.05, 0.1) is 6.20 Å². The highest BCUT2D eigenvalue weighted by molar-refractivity contribution is 7.99. The van der Waals surface area contributed by atoms with Gasteiger partial charge in [-0.15, -0.1) is 10.2 Å². The molecular formula is C17H17N5OS. The number of thioether (sulfide) groups is 1. The van der Waals surface area contributed by atoms with Crippen LogP contribution in [-0.2, 0) is 0 Å². The number of rotatable bonds is 4. The Balaban J connectivity index is 1.54. The summed E-state index contributed by atoms with van der Waals surface area (Å²) in [5, 5.41) is 23.2. The van der Waals surface area contributed by atoms with Gasteiger partial charge in [0.2, 0.25) is 5.16 Å². The zero-order valence-electron chi connectivity index (χ0n) is 13.0. The van der Waals surface area contributed by atoms with Gasteiger partial charge in [-0.1, -0.05) is 11.8 Å². The van der Waals surface area contributed by atoms with E-state index in [1.165, 1.54) is 0 Å². The Hall–Kier alpha value is -2.38. The largest absolute Gasteiger partial charge is 0.507 e. The summed E-state index contributed by atoms with van der Waals surface area (Å²) in [4.78, 5) is 4.38. The summed E-state index contributed by atoms with van der Waals surface area (Å²) < 4.78 is 1.93. The fourth-order valence-corrected chi connectivity index (χ4v) is 3.66. The lowest BCUT2D eigenvalue weighted by molar-refractivity contribution is 0.476. The van der Waals surface area contributed by atoms with E-state index in [-0.39, 0.29) is 5.75 Å². The molecule has 122 valence electrons. The standard InChI is InChI=1S/C17H17N5OS/c23-16-9-12(22-7-1-2-8-22)3-4-14(16)15-11-19-17(21-20-15)24-13-5-6-18-10-13/h1-4,7-9,11,13,18,23H,5-6,10H2/t13-/m0/s1. The van der Waals surface area contributed by atoms with Gasteiger partial charge in [-0.25, -0.2) is 4.98 Å². The van der Waals surface area contributed by atoms with Crippen molar-refractivity contribution in [3.8, 4) is 22.7 Å². The summed E-state index contributed by atoms with van der Waals surface area (Å²) in [5.41, 5.74) is 2.09. The van der Waals surface area contributed by atoms with Gasteiger partial charge in [0.15, 0.2) is 0 Å². The van der Waals surface area contributed by atoms with Crippen LogP contribution in [0.3, 0.4) is 0 Å². The predicted molar refractivity (Wildman–Crippen MR) is 93.4 cm³/mol. The second-order valence-corrected chi connectivity index (χ2v) is 6.92. The molecule has 1 aliphatic rings. The molecule has 1 saturated heterocycles. The van der Waals surface area contributed by atoms with Gasteiger partial charge in [0.25, 0.3) is 0 Å². The van der Waals surface area contributed by atoms with Gasteiger partial charge in [0.1, 0.15) is 11.4 Å². The lowest BCUT2D eigenvalue weighted by Crippen LogP contribution is -2.10. The molecule has 1 fully saturated rings. The third-order valence-electron chi connectivity index (χ3n) is 3.99. The van der Waals surface area contributed by atoms with E-state index in [1.54, 1.807) is 24.0 Å². The minimum Gasteiger partial charge on any atom is -0.507 e. The quantitative estimate of drug-likeness (QED) is 0.761. The second kappa shape index (κ2) is 6.62. The van der Waals surface area contributed by atoms with Gasteiger partial charge in [-0.05, 0) is 37.2 Å². The molecule has 1 aromatic carbocycles. The number of hydrogen-bond donors (Lipinski definition) is 2. The fraction of sp³-hybridized carbons (Fsp3) is 0.235. The van der Waals surface area contributed by atoms with Crippen LogP contribution in [0.25, 0.3) is 16.9 Å². The van der Waals surface area contributed by atoms with E-state index in [9.17, 15) is 5.11 Å². The Morgan fingerprint density at radius 1 is 1.21 bits per heavy atom. The molecule has 0 saturated carbocycles. The van der Waals surface area contributed by atoms with E-state index in [4.69, 9.17) is 0 Å². The Bertz CT molecular complexity index is 814. The Morgan fingerprint density at radius 2 is 2.08 bits per heavy atom. The maximum absolute atomic E-state index is 10.3. The number of phenols is 1. The van der Waals surface area contributed by atoms with Crippen LogP contribution < -0.4 is 5.32 Å².